The lowest BCUT2D eigenvalue weighted by molar-refractivity contribution is 0.368. The maximum Gasteiger partial charge on any atom is 0.0739 e. The number of nitrogens with zero attached hydrogens (tertiary/aromatic N) is 3. The van der Waals surface area contributed by atoms with Crippen LogP contribution >= 0.6 is 43.5 Å². The molecule has 1 heterocycles. The monoisotopic (exact) mass is 434 g/mol. The van der Waals surface area contributed by atoms with Crippen molar-refractivity contribution in [3.8, 4) is 0 Å². The highest BCUT2D eigenvalue weighted by Crippen LogP contribution is 2.31. The van der Waals surface area contributed by atoms with E-state index in [1.165, 1.54) is 0 Å². The Morgan fingerprint density at radius 1 is 1.33 bits per heavy atom. The second-order valence-electron chi connectivity index (χ2n) is 5.06. The van der Waals surface area contributed by atoms with Crippen LogP contribution in [0.1, 0.15) is 17.3 Å². The fourth-order valence-electron chi connectivity index (χ4n) is 2.02. The highest BCUT2D eigenvalue weighted by atomic mass is 79.9. The highest BCUT2D eigenvalue weighted by Gasteiger charge is 2.19. The van der Waals surface area contributed by atoms with E-state index in [1.807, 2.05) is 37.0 Å². The molecule has 0 aliphatic carbocycles. The number of hydrogen-bond donors (Lipinski definition) is 1. The van der Waals surface area contributed by atoms with E-state index in [2.05, 4.69) is 41.9 Å². The van der Waals surface area contributed by atoms with Crippen LogP contribution in [0.15, 0.2) is 33.3 Å². The van der Waals surface area contributed by atoms with Crippen LogP contribution in [0.3, 0.4) is 0 Å². The van der Waals surface area contributed by atoms with Gasteiger partial charge in [0.05, 0.1) is 34.0 Å². The van der Waals surface area contributed by atoms with E-state index in [4.69, 9.17) is 17.3 Å². The average Bonchev–Trinajstić information content (AvgIpc) is 2.80. The molecule has 0 aliphatic rings. The molecular formula is C14H17Br2ClN4. The number of hydrogen-bond acceptors (Lipinski definition) is 3. The average molecular weight is 437 g/mol. The van der Waals surface area contributed by atoms with Gasteiger partial charge in [-0.15, -0.1) is 0 Å². The maximum atomic E-state index is 6.42. The Labute approximate surface area is 146 Å². The summed E-state index contributed by atoms with van der Waals surface area (Å²) in [6.07, 6.45) is 1.79. The SMILES string of the molecule is CN(C)CCn1ncc(Br)c1C(N)c1ccc(Cl)c(Br)c1. The molecule has 0 radical (unpaired) electrons. The fourth-order valence-corrected chi connectivity index (χ4v) is 3.07. The van der Waals surface area contributed by atoms with Gasteiger partial charge < -0.3 is 10.6 Å². The summed E-state index contributed by atoms with van der Waals surface area (Å²) in [6, 6.07) is 5.46. The molecule has 0 spiro atoms. The molecule has 0 saturated heterocycles. The molecule has 0 amide bonds. The summed E-state index contributed by atoms with van der Waals surface area (Å²) in [7, 11) is 4.07. The molecule has 2 rings (SSSR count). The molecule has 21 heavy (non-hydrogen) atoms. The highest BCUT2D eigenvalue weighted by molar-refractivity contribution is 9.10. The Kier molecular flexibility index (Phi) is 5.85. The molecule has 4 nitrogen and oxygen atoms in total. The molecule has 0 aliphatic heterocycles. The first-order valence-corrected chi connectivity index (χ1v) is 8.43. The largest absolute Gasteiger partial charge is 0.319 e. The third kappa shape index (κ3) is 4.07. The lowest BCUT2D eigenvalue weighted by atomic mass is 10.0. The van der Waals surface area contributed by atoms with E-state index < -0.39 is 0 Å². The smallest absolute Gasteiger partial charge is 0.0739 e. The maximum absolute atomic E-state index is 6.42. The lowest BCUT2D eigenvalue weighted by Gasteiger charge is -2.17. The summed E-state index contributed by atoms with van der Waals surface area (Å²) in [4.78, 5) is 2.11. The standard InChI is InChI=1S/C14H17Br2ClN4/c1-20(2)5-6-21-14(11(16)8-19-21)13(18)9-3-4-12(17)10(15)7-9/h3-4,7-8,13H,5-6,18H2,1-2H3. The number of aromatic nitrogens is 2. The molecule has 0 bridgehead atoms. The van der Waals surface area contributed by atoms with Gasteiger partial charge in [-0.25, -0.2) is 0 Å². The van der Waals surface area contributed by atoms with Crippen LogP contribution < -0.4 is 5.73 Å². The molecule has 2 N–H and O–H groups in total. The van der Waals surface area contributed by atoms with Crippen molar-refractivity contribution in [3.63, 3.8) is 0 Å². The minimum atomic E-state index is -0.266. The summed E-state index contributed by atoms with van der Waals surface area (Å²) in [5.41, 5.74) is 8.37. The predicted octanol–water partition coefficient (Wildman–Crippen LogP) is 3.67. The van der Waals surface area contributed by atoms with E-state index in [1.54, 1.807) is 6.20 Å². The van der Waals surface area contributed by atoms with Crippen molar-refractivity contribution in [1.82, 2.24) is 14.7 Å². The first-order chi connectivity index (χ1) is 9.90. The molecule has 1 aromatic carbocycles. The quantitative estimate of drug-likeness (QED) is 0.778. The third-order valence-electron chi connectivity index (χ3n) is 3.19. The zero-order chi connectivity index (χ0) is 15.6. The van der Waals surface area contributed by atoms with Gasteiger partial charge in [0, 0.05) is 11.0 Å². The molecule has 114 valence electrons. The Morgan fingerprint density at radius 2 is 2.05 bits per heavy atom. The molecule has 7 heteroatoms. The van der Waals surface area contributed by atoms with Crippen molar-refractivity contribution in [2.24, 2.45) is 5.73 Å². The Balaban J connectivity index is 2.31. The minimum Gasteiger partial charge on any atom is -0.319 e. The second kappa shape index (κ2) is 7.24. The lowest BCUT2D eigenvalue weighted by Crippen LogP contribution is -2.23. The van der Waals surface area contributed by atoms with Gasteiger partial charge in [-0.05, 0) is 63.7 Å². The van der Waals surface area contributed by atoms with E-state index in [0.717, 1.165) is 33.3 Å². The van der Waals surface area contributed by atoms with Crippen LogP contribution in [0.25, 0.3) is 0 Å². The minimum absolute atomic E-state index is 0.266. The molecule has 0 fully saturated rings. The van der Waals surface area contributed by atoms with E-state index in [0.29, 0.717) is 5.02 Å². The van der Waals surface area contributed by atoms with Gasteiger partial charge in [0.25, 0.3) is 0 Å². The summed E-state index contributed by atoms with van der Waals surface area (Å²) in [5.74, 6) is 0. The fraction of sp³-hybridized carbons (Fsp3) is 0.357. The van der Waals surface area contributed by atoms with Crippen molar-refractivity contribution in [2.75, 3.05) is 20.6 Å². The first kappa shape index (κ1) is 17.0. The molecule has 0 saturated carbocycles. The normalized spacial score (nSPS) is 12.9. The van der Waals surface area contributed by atoms with Crippen LogP contribution in [-0.2, 0) is 6.54 Å². The first-order valence-electron chi connectivity index (χ1n) is 6.46. The van der Waals surface area contributed by atoms with Crippen LogP contribution in [0.2, 0.25) is 5.02 Å². The van der Waals surface area contributed by atoms with Crippen molar-refractivity contribution in [1.29, 1.82) is 0 Å². The zero-order valence-corrected chi connectivity index (χ0v) is 15.8. The van der Waals surface area contributed by atoms with Crippen molar-refractivity contribution < 1.29 is 0 Å². The number of likely N-dealkylation sites (N-methyl/N-ethyl adjacent to an activating group) is 1. The summed E-state index contributed by atoms with van der Waals surface area (Å²) in [5, 5.41) is 5.07. The van der Waals surface area contributed by atoms with Gasteiger partial charge in [-0.3, -0.25) is 4.68 Å². The van der Waals surface area contributed by atoms with Gasteiger partial charge in [0.1, 0.15) is 0 Å². The number of nitrogens with two attached hydrogens (primary N) is 1. The molecule has 1 atom stereocenters. The second-order valence-corrected chi connectivity index (χ2v) is 7.17. The number of benzene rings is 1. The van der Waals surface area contributed by atoms with E-state index in [-0.39, 0.29) is 6.04 Å². The van der Waals surface area contributed by atoms with E-state index in [9.17, 15) is 0 Å². The summed E-state index contributed by atoms with van der Waals surface area (Å²) >= 11 is 13.0. The number of rotatable bonds is 5. The molecular weight excluding hydrogens is 419 g/mol. The van der Waals surface area contributed by atoms with Crippen LogP contribution in [-0.4, -0.2) is 35.3 Å². The predicted molar refractivity (Wildman–Crippen MR) is 93.7 cm³/mol. The van der Waals surface area contributed by atoms with E-state index >= 15 is 0 Å². The van der Waals surface area contributed by atoms with Crippen LogP contribution in [0.4, 0.5) is 0 Å². The zero-order valence-electron chi connectivity index (χ0n) is 11.9. The van der Waals surface area contributed by atoms with Gasteiger partial charge in [0.2, 0.25) is 0 Å². The number of halogens is 3. The van der Waals surface area contributed by atoms with Crippen molar-refractivity contribution >= 4 is 43.5 Å². The Morgan fingerprint density at radius 3 is 2.67 bits per heavy atom. The van der Waals surface area contributed by atoms with Crippen LogP contribution in [0.5, 0.6) is 0 Å². The summed E-state index contributed by atoms with van der Waals surface area (Å²) < 4.78 is 3.70. The Hall–Kier alpha value is -0.400. The topological polar surface area (TPSA) is 47.1 Å². The van der Waals surface area contributed by atoms with Gasteiger partial charge in [-0.2, -0.15) is 5.10 Å². The summed E-state index contributed by atoms with van der Waals surface area (Å²) in [6.45, 7) is 1.69. The molecule has 2 aromatic rings. The van der Waals surface area contributed by atoms with Gasteiger partial charge in [-0.1, -0.05) is 17.7 Å². The van der Waals surface area contributed by atoms with Crippen molar-refractivity contribution in [2.45, 2.75) is 12.6 Å². The molecule has 1 aromatic heterocycles. The van der Waals surface area contributed by atoms with Gasteiger partial charge in [0.15, 0.2) is 0 Å². The van der Waals surface area contributed by atoms with Crippen LogP contribution in [0, 0.1) is 0 Å². The Bertz CT molecular complexity index is 627. The molecule has 1 unspecified atom stereocenters. The third-order valence-corrected chi connectivity index (χ3v) is 5.01. The van der Waals surface area contributed by atoms with Gasteiger partial charge >= 0.3 is 0 Å². The van der Waals surface area contributed by atoms with Crippen molar-refractivity contribution in [3.05, 3.63) is 49.6 Å².